The van der Waals surface area contributed by atoms with Crippen LogP contribution < -0.4 is 5.32 Å². The lowest BCUT2D eigenvalue weighted by atomic mass is 10.1. The molecule has 2 heterocycles. The summed E-state index contributed by atoms with van der Waals surface area (Å²) in [4.78, 5) is 5.20. The van der Waals surface area contributed by atoms with Gasteiger partial charge in [-0.05, 0) is 29.5 Å². The fourth-order valence-corrected chi connectivity index (χ4v) is 3.36. The van der Waals surface area contributed by atoms with Crippen LogP contribution >= 0.6 is 0 Å². The minimum absolute atomic E-state index is 0.783. The van der Waals surface area contributed by atoms with E-state index in [9.17, 15) is 0 Å². The third-order valence-electron chi connectivity index (χ3n) is 4.37. The summed E-state index contributed by atoms with van der Waals surface area (Å²) in [5.41, 5.74) is 4.32. The number of hydrogen-bond acceptors (Lipinski definition) is 3. The zero-order chi connectivity index (χ0) is 13.9. The number of nitrogens with one attached hydrogen (secondary N) is 1. The Bertz CT molecular complexity index is 448. The molecular weight excluding hydrogens is 246 g/mol. The molecule has 0 amide bonds. The number of rotatable bonds is 4. The monoisotopic (exact) mass is 273 g/mol. The second-order valence-corrected chi connectivity index (χ2v) is 6.64. The minimum Gasteiger partial charge on any atom is -0.384 e. The van der Waals surface area contributed by atoms with Crippen LogP contribution in [-0.2, 0) is 13.0 Å². The molecule has 1 fully saturated rings. The van der Waals surface area contributed by atoms with E-state index in [1.165, 1.54) is 56.0 Å². The molecule has 0 atom stereocenters. The SMILES string of the molecule is CC(C)CN1CCN(Cc2ccc3c(c2)CCN3)CC1. The van der Waals surface area contributed by atoms with Crippen molar-refractivity contribution in [3.05, 3.63) is 29.3 Å². The molecule has 0 aromatic heterocycles. The summed E-state index contributed by atoms with van der Waals surface area (Å²) >= 11 is 0. The third kappa shape index (κ3) is 3.33. The molecule has 0 saturated carbocycles. The van der Waals surface area contributed by atoms with Crippen LogP contribution in [0.15, 0.2) is 18.2 Å². The fourth-order valence-electron chi connectivity index (χ4n) is 3.36. The maximum atomic E-state index is 3.43. The fraction of sp³-hybridized carbons (Fsp3) is 0.647. The van der Waals surface area contributed by atoms with Gasteiger partial charge in [0, 0.05) is 51.5 Å². The van der Waals surface area contributed by atoms with Gasteiger partial charge in [0.2, 0.25) is 0 Å². The first-order valence-electron chi connectivity index (χ1n) is 8.01. The van der Waals surface area contributed by atoms with E-state index in [1.807, 2.05) is 0 Å². The average Bonchev–Trinajstić information content (AvgIpc) is 2.88. The van der Waals surface area contributed by atoms with Gasteiger partial charge in [0.1, 0.15) is 0 Å². The Morgan fingerprint density at radius 2 is 1.85 bits per heavy atom. The van der Waals surface area contributed by atoms with E-state index in [2.05, 4.69) is 47.2 Å². The normalized spacial score (nSPS) is 20.1. The van der Waals surface area contributed by atoms with Crippen LogP contribution in [0.5, 0.6) is 0 Å². The molecule has 1 N–H and O–H groups in total. The summed E-state index contributed by atoms with van der Waals surface area (Å²) in [6.07, 6.45) is 1.19. The number of hydrogen-bond donors (Lipinski definition) is 1. The molecule has 3 rings (SSSR count). The van der Waals surface area contributed by atoms with Gasteiger partial charge in [-0.2, -0.15) is 0 Å². The van der Waals surface area contributed by atoms with Gasteiger partial charge in [-0.25, -0.2) is 0 Å². The van der Waals surface area contributed by atoms with E-state index in [0.29, 0.717) is 0 Å². The van der Waals surface area contributed by atoms with E-state index in [0.717, 1.165) is 19.0 Å². The van der Waals surface area contributed by atoms with Gasteiger partial charge in [0.25, 0.3) is 0 Å². The van der Waals surface area contributed by atoms with Gasteiger partial charge in [-0.15, -0.1) is 0 Å². The van der Waals surface area contributed by atoms with E-state index >= 15 is 0 Å². The molecule has 3 nitrogen and oxygen atoms in total. The summed E-state index contributed by atoms with van der Waals surface area (Å²) in [5.74, 6) is 0.783. The standard InChI is InChI=1S/C17H27N3/c1-14(2)12-19-7-9-20(10-8-19)13-15-3-4-17-16(11-15)5-6-18-17/h3-4,11,14,18H,5-10,12-13H2,1-2H3. The average molecular weight is 273 g/mol. The van der Waals surface area contributed by atoms with Gasteiger partial charge in [0.05, 0.1) is 0 Å². The first kappa shape index (κ1) is 13.9. The first-order chi connectivity index (χ1) is 9.70. The number of benzene rings is 1. The molecular formula is C17H27N3. The van der Waals surface area contributed by atoms with E-state index in [1.54, 1.807) is 0 Å². The van der Waals surface area contributed by atoms with Crippen molar-refractivity contribution in [3.63, 3.8) is 0 Å². The van der Waals surface area contributed by atoms with Crippen molar-refractivity contribution in [1.29, 1.82) is 0 Å². The second kappa shape index (κ2) is 6.15. The Morgan fingerprint density at radius 3 is 2.60 bits per heavy atom. The molecule has 0 spiro atoms. The Morgan fingerprint density at radius 1 is 1.10 bits per heavy atom. The Labute approximate surface area is 123 Å². The van der Waals surface area contributed by atoms with Crippen molar-refractivity contribution in [3.8, 4) is 0 Å². The molecule has 20 heavy (non-hydrogen) atoms. The number of piperazine rings is 1. The summed E-state index contributed by atoms with van der Waals surface area (Å²) in [6, 6.07) is 6.94. The van der Waals surface area contributed by atoms with Crippen LogP contribution in [0.25, 0.3) is 0 Å². The van der Waals surface area contributed by atoms with Gasteiger partial charge in [0.15, 0.2) is 0 Å². The van der Waals surface area contributed by atoms with Gasteiger partial charge in [-0.3, -0.25) is 4.90 Å². The first-order valence-corrected chi connectivity index (χ1v) is 8.01. The van der Waals surface area contributed by atoms with Gasteiger partial charge in [-0.1, -0.05) is 26.0 Å². The maximum Gasteiger partial charge on any atom is 0.0373 e. The lowest BCUT2D eigenvalue weighted by molar-refractivity contribution is 0.117. The highest BCUT2D eigenvalue weighted by molar-refractivity contribution is 5.56. The van der Waals surface area contributed by atoms with E-state index in [-0.39, 0.29) is 0 Å². The van der Waals surface area contributed by atoms with Crippen molar-refractivity contribution in [2.24, 2.45) is 5.92 Å². The number of fused-ring (bicyclic) bond motifs is 1. The zero-order valence-corrected chi connectivity index (χ0v) is 12.9. The van der Waals surface area contributed by atoms with Crippen LogP contribution in [0.2, 0.25) is 0 Å². The zero-order valence-electron chi connectivity index (χ0n) is 12.9. The van der Waals surface area contributed by atoms with Crippen molar-refractivity contribution in [2.45, 2.75) is 26.8 Å². The predicted octanol–water partition coefficient (Wildman–Crippen LogP) is 2.43. The smallest absolute Gasteiger partial charge is 0.0373 e. The maximum absolute atomic E-state index is 3.43. The molecule has 0 unspecified atom stereocenters. The number of nitrogens with zero attached hydrogens (tertiary/aromatic N) is 2. The summed E-state index contributed by atoms with van der Waals surface area (Å²) in [7, 11) is 0. The molecule has 0 bridgehead atoms. The molecule has 0 aliphatic carbocycles. The second-order valence-electron chi connectivity index (χ2n) is 6.64. The number of anilines is 1. The summed E-state index contributed by atoms with van der Waals surface area (Å²) in [5, 5.41) is 3.43. The molecule has 2 aliphatic heterocycles. The van der Waals surface area contributed by atoms with Crippen LogP contribution in [0.3, 0.4) is 0 Å². The van der Waals surface area contributed by atoms with E-state index in [4.69, 9.17) is 0 Å². The minimum atomic E-state index is 0.783. The molecule has 0 radical (unpaired) electrons. The quantitative estimate of drug-likeness (QED) is 0.909. The molecule has 110 valence electrons. The van der Waals surface area contributed by atoms with Crippen LogP contribution in [0, 0.1) is 5.92 Å². The highest BCUT2D eigenvalue weighted by atomic mass is 15.3. The molecule has 2 aliphatic rings. The van der Waals surface area contributed by atoms with Crippen molar-refractivity contribution >= 4 is 5.69 Å². The van der Waals surface area contributed by atoms with E-state index < -0.39 is 0 Å². The highest BCUT2D eigenvalue weighted by Gasteiger charge is 2.18. The van der Waals surface area contributed by atoms with Crippen molar-refractivity contribution in [2.75, 3.05) is 44.6 Å². The molecule has 1 aromatic carbocycles. The molecule has 1 saturated heterocycles. The molecule has 3 heteroatoms. The Kier molecular flexibility index (Phi) is 4.27. The predicted molar refractivity (Wildman–Crippen MR) is 85.2 cm³/mol. The lowest BCUT2D eigenvalue weighted by Crippen LogP contribution is -2.46. The van der Waals surface area contributed by atoms with Gasteiger partial charge >= 0.3 is 0 Å². The topological polar surface area (TPSA) is 18.5 Å². The highest BCUT2D eigenvalue weighted by Crippen LogP contribution is 2.23. The van der Waals surface area contributed by atoms with Crippen LogP contribution in [0.1, 0.15) is 25.0 Å². The Hall–Kier alpha value is -1.06. The van der Waals surface area contributed by atoms with Crippen LogP contribution in [0.4, 0.5) is 5.69 Å². The summed E-state index contributed by atoms with van der Waals surface area (Å²) in [6.45, 7) is 13.0. The summed E-state index contributed by atoms with van der Waals surface area (Å²) < 4.78 is 0. The lowest BCUT2D eigenvalue weighted by Gasteiger charge is -2.35. The van der Waals surface area contributed by atoms with Crippen molar-refractivity contribution in [1.82, 2.24) is 9.80 Å². The third-order valence-corrected chi connectivity index (χ3v) is 4.37. The Balaban J connectivity index is 1.52. The van der Waals surface area contributed by atoms with Crippen LogP contribution in [-0.4, -0.2) is 49.1 Å². The largest absolute Gasteiger partial charge is 0.384 e. The molecule has 1 aromatic rings. The van der Waals surface area contributed by atoms with Crippen molar-refractivity contribution < 1.29 is 0 Å². The van der Waals surface area contributed by atoms with Gasteiger partial charge < -0.3 is 10.2 Å².